The maximum absolute atomic E-state index is 12.7. The number of rotatable bonds is 5. The highest BCUT2D eigenvalue weighted by molar-refractivity contribution is 5.86. The number of aliphatic hydroxyl groups is 1. The topological polar surface area (TPSA) is 52.6 Å². The fraction of sp³-hybridized carbons (Fsp3) is 0.632. The lowest BCUT2D eigenvalue weighted by molar-refractivity contribution is -0.157. The van der Waals surface area contributed by atoms with Crippen molar-refractivity contribution < 1.29 is 9.90 Å². The fourth-order valence-corrected chi connectivity index (χ4v) is 3.06. The zero-order valence-electron chi connectivity index (χ0n) is 14.9. The van der Waals surface area contributed by atoms with Crippen LogP contribution in [-0.4, -0.2) is 41.1 Å². The number of carbonyl (C=O) groups excluding carboxylic acids is 1. The molecular formula is C19H30N2O2. The van der Waals surface area contributed by atoms with Crippen LogP contribution in [0.5, 0.6) is 0 Å². The normalized spacial score (nSPS) is 22.5. The fourth-order valence-electron chi connectivity index (χ4n) is 3.06. The first-order chi connectivity index (χ1) is 10.7. The largest absolute Gasteiger partial charge is 0.379 e. The number of hydrogen-bond donors (Lipinski definition) is 2. The van der Waals surface area contributed by atoms with Gasteiger partial charge >= 0.3 is 0 Å². The van der Waals surface area contributed by atoms with E-state index in [0.29, 0.717) is 26.1 Å². The molecule has 4 heteroatoms. The third kappa shape index (κ3) is 5.05. The van der Waals surface area contributed by atoms with Gasteiger partial charge in [-0.15, -0.1) is 0 Å². The number of benzene rings is 1. The Bertz CT molecular complexity index is 551. The highest BCUT2D eigenvalue weighted by atomic mass is 16.3. The van der Waals surface area contributed by atoms with Gasteiger partial charge in [0, 0.05) is 26.2 Å². The van der Waals surface area contributed by atoms with E-state index < -0.39 is 5.60 Å². The molecule has 0 aliphatic carbocycles. The highest BCUT2D eigenvalue weighted by Crippen LogP contribution is 2.24. The van der Waals surface area contributed by atoms with Gasteiger partial charge in [0.25, 0.3) is 5.91 Å². The number of nitrogens with zero attached hydrogens (tertiary/aromatic N) is 1. The molecule has 1 amide bonds. The molecule has 23 heavy (non-hydrogen) atoms. The lowest BCUT2D eigenvalue weighted by Crippen LogP contribution is -2.58. The summed E-state index contributed by atoms with van der Waals surface area (Å²) in [6.45, 7) is 10.9. The molecule has 2 rings (SSSR count). The van der Waals surface area contributed by atoms with Crippen molar-refractivity contribution in [3.05, 3.63) is 35.4 Å². The molecule has 1 aliphatic heterocycles. The molecule has 1 aromatic carbocycles. The van der Waals surface area contributed by atoms with Gasteiger partial charge in [-0.25, -0.2) is 0 Å². The maximum Gasteiger partial charge on any atom is 0.256 e. The molecule has 0 spiro atoms. The Kier molecular flexibility index (Phi) is 5.48. The number of piperidine rings is 1. The predicted octanol–water partition coefficient (Wildman–Crippen LogP) is 2.48. The summed E-state index contributed by atoms with van der Waals surface area (Å²) in [5.41, 5.74) is 1.17. The quantitative estimate of drug-likeness (QED) is 0.877. The monoisotopic (exact) mass is 318 g/mol. The van der Waals surface area contributed by atoms with Crippen LogP contribution in [0, 0.1) is 12.3 Å². The van der Waals surface area contributed by atoms with Crippen molar-refractivity contribution in [3.8, 4) is 0 Å². The Labute approximate surface area is 139 Å². The highest BCUT2D eigenvalue weighted by Gasteiger charge is 2.41. The molecule has 0 bridgehead atoms. The summed E-state index contributed by atoms with van der Waals surface area (Å²) in [7, 11) is 0. The number of amides is 1. The zero-order chi connectivity index (χ0) is 17.1. The van der Waals surface area contributed by atoms with E-state index in [2.05, 4.69) is 32.2 Å². The molecule has 1 saturated heterocycles. The predicted molar refractivity (Wildman–Crippen MR) is 93.1 cm³/mol. The Morgan fingerprint density at radius 3 is 2.74 bits per heavy atom. The van der Waals surface area contributed by atoms with Crippen LogP contribution < -0.4 is 5.32 Å². The first-order valence-electron chi connectivity index (χ1n) is 8.48. The van der Waals surface area contributed by atoms with E-state index in [1.807, 2.05) is 25.1 Å². The Balaban J connectivity index is 1.99. The molecule has 0 aromatic heterocycles. The van der Waals surface area contributed by atoms with E-state index in [-0.39, 0.29) is 11.3 Å². The second-order valence-electron chi connectivity index (χ2n) is 8.02. The van der Waals surface area contributed by atoms with Crippen molar-refractivity contribution in [1.82, 2.24) is 10.2 Å². The van der Waals surface area contributed by atoms with Gasteiger partial charge in [-0.1, -0.05) is 50.6 Å². The summed E-state index contributed by atoms with van der Waals surface area (Å²) >= 11 is 0. The smallest absolute Gasteiger partial charge is 0.256 e. The minimum Gasteiger partial charge on any atom is -0.379 e. The van der Waals surface area contributed by atoms with Gasteiger partial charge in [0.1, 0.15) is 0 Å². The van der Waals surface area contributed by atoms with Gasteiger partial charge in [0.2, 0.25) is 0 Å². The first-order valence-corrected chi connectivity index (χ1v) is 8.48. The summed E-state index contributed by atoms with van der Waals surface area (Å²) in [5, 5.41) is 14.0. The van der Waals surface area contributed by atoms with Crippen LogP contribution in [0.3, 0.4) is 0 Å². The second kappa shape index (κ2) is 7.02. The van der Waals surface area contributed by atoms with Crippen molar-refractivity contribution in [3.63, 3.8) is 0 Å². The van der Waals surface area contributed by atoms with E-state index in [1.165, 1.54) is 5.56 Å². The first kappa shape index (κ1) is 18.0. The number of aryl methyl sites for hydroxylation is 1. The molecular weight excluding hydrogens is 288 g/mol. The summed E-state index contributed by atoms with van der Waals surface area (Å²) < 4.78 is 0. The van der Waals surface area contributed by atoms with E-state index in [1.54, 1.807) is 4.90 Å². The molecule has 2 N–H and O–H groups in total. The summed E-state index contributed by atoms with van der Waals surface area (Å²) in [4.78, 5) is 14.5. The van der Waals surface area contributed by atoms with Crippen molar-refractivity contribution in [2.45, 2.75) is 52.7 Å². The number of likely N-dealkylation sites (tertiary alicyclic amines) is 1. The minimum absolute atomic E-state index is 0.134. The van der Waals surface area contributed by atoms with Crippen LogP contribution in [0.1, 0.15) is 44.7 Å². The molecule has 4 nitrogen and oxygen atoms in total. The zero-order valence-corrected chi connectivity index (χ0v) is 14.9. The lowest BCUT2D eigenvalue weighted by Gasteiger charge is -2.39. The summed E-state index contributed by atoms with van der Waals surface area (Å²) in [5.74, 6) is -0.147. The van der Waals surface area contributed by atoms with E-state index >= 15 is 0 Å². The van der Waals surface area contributed by atoms with Crippen molar-refractivity contribution in [2.24, 2.45) is 5.41 Å². The SMILES string of the molecule is Cc1cccc(CN2CCC[C@@](O)(CNCC(C)(C)C)C2=O)c1. The number of carbonyl (C=O) groups is 1. The minimum atomic E-state index is -1.27. The number of nitrogens with one attached hydrogen (secondary N) is 1. The summed E-state index contributed by atoms with van der Waals surface area (Å²) in [6.07, 6.45) is 1.37. The van der Waals surface area contributed by atoms with Gasteiger partial charge < -0.3 is 15.3 Å². The average Bonchev–Trinajstić information content (AvgIpc) is 2.43. The van der Waals surface area contributed by atoms with Crippen LogP contribution in [0.2, 0.25) is 0 Å². The molecule has 0 radical (unpaired) electrons. The van der Waals surface area contributed by atoms with Gasteiger partial charge in [0.15, 0.2) is 5.60 Å². The number of hydrogen-bond acceptors (Lipinski definition) is 3. The Morgan fingerprint density at radius 1 is 1.35 bits per heavy atom. The molecule has 0 unspecified atom stereocenters. The van der Waals surface area contributed by atoms with Crippen molar-refractivity contribution in [2.75, 3.05) is 19.6 Å². The van der Waals surface area contributed by atoms with Crippen molar-refractivity contribution in [1.29, 1.82) is 0 Å². The van der Waals surface area contributed by atoms with E-state index in [0.717, 1.165) is 18.5 Å². The van der Waals surface area contributed by atoms with Crippen LogP contribution in [-0.2, 0) is 11.3 Å². The van der Waals surface area contributed by atoms with Crippen LogP contribution >= 0.6 is 0 Å². The summed E-state index contributed by atoms with van der Waals surface area (Å²) in [6, 6.07) is 8.19. The van der Waals surface area contributed by atoms with Crippen LogP contribution in [0.4, 0.5) is 0 Å². The molecule has 1 aliphatic rings. The average molecular weight is 318 g/mol. The lowest BCUT2D eigenvalue weighted by atomic mass is 9.90. The van der Waals surface area contributed by atoms with Crippen molar-refractivity contribution >= 4 is 5.91 Å². The maximum atomic E-state index is 12.7. The van der Waals surface area contributed by atoms with Gasteiger partial charge in [0.05, 0.1) is 0 Å². The Morgan fingerprint density at radius 2 is 2.09 bits per heavy atom. The third-order valence-electron chi connectivity index (χ3n) is 4.23. The van der Waals surface area contributed by atoms with Gasteiger partial charge in [-0.05, 0) is 30.7 Å². The third-order valence-corrected chi connectivity index (χ3v) is 4.23. The molecule has 1 fully saturated rings. The van der Waals surface area contributed by atoms with Crippen LogP contribution in [0.15, 0.2) is 24.3 Å². The molecule has 1 heterocycles. The Hall–Kier alpha value is -1.39. The van der Waals surface area contributed by atoms with Crippen LogP contribution in [0.25, 0.3) is 0 Å². The van der Waals surface area contributed by atoms with E-state index in [4.69, 9.17) is 0 Å². The van der Waals surface area contributed by atoms with Gasteiger partial charge in [-0.2, -0.15) is 0 Å². The molecule has 1 atom stereocenters. The molecule has 1 aromatic rings. The van der Waals surface area contributed by atoms with E-state index in [9.17, 15) is 9.90 Å². The van der Waals surface area contributed by atoms with Gasteiger partial charge in [-0.3, -0.25) is 4.79 Å². The standard InChI is InChI=1S/C19H30N2O2/c1-15-7-5-8-16(11-15)12-21-10-6-9-19(23,17(21)22)14-20-13-18(2,3)4/h5,7-8,11,20,23H,6,9-10,12-14H2,1-4H3/t19-/m1/s1. The second-order valence-corrected chi connectivity index (χ2v) is 8.02. The molecule has 128 valence electrons. The molecule has 0 saturated carbocycles.